The van der Waals surface area contributed by atoms with E-state index in [1.807, 2.05) is 26.0 Å². The summed E-state index contributed by atoms with van der Waals surface area (Å²) < 4.78 is 23.7. The van der Waals surface area contributed by atoms with Crippen LogP contribution in [0.4, 0.5) is 0 Å². The molecule has 1 aromatic carbocycles. The average Bonchev–Trinajstić information content (AvgIpc) is 2.47. The molecule has 19 heavy (non-hydrogen) atoms. The molecular weight excluding hydrogens is 282 g/mol. The second kappa shape index (κ2) is 5.81. The van der Waals surface area contributed by atoms with E-state index in [2.05, 4.69) is 11.0 Å². The lowest BCUT2D eigenvalue weighted by molar-refractivity contribution is 0.283. The molecule has 0 aliphatic carbocycles. The van der Waals surface area contributed by atoms with Gasteiger partial charge in [-0.2, -0.15) is 0 Å². The number of hydrogen-bond donors (Lipinski definition) is 0. The molecule has 1 fully saturated rings. The topological polar surface area (TPSA) is 37.4 Å². The minimum atomic E-state index is -2.90. The van der Waals surface area contributed by atoms with Crippen LogP contribution < -0.4 is 0 Å². The molecule has 0 radical (unpaired) electrons. The number of benzene rings is 1. The number of rotatable bonds is 2. The molecule has 1 aliphatic rings. The van der Waals surface area contributed by atoms with Crippen molar-refractivity contribution in [3.05, 3.63) is 34.3 Å². The Hall–Kier alpha value is -0.580. The Morgan fingerprint density at radius 3 is 2.79 bits per heavy atom. The molecule has 1 aliphatic heterocycles. The predicted molar refractivity (Wildman–Crippen MR) is 79.3 cm³/mol. The molecule has 5 heteroatoms. The highest BCUT2D eigenvalue weighted by molar-refractivity contribution is 7.92. The Labute approximate surface area is 120 Å². The van der Waals surface area contributed by atoms with Crippen LogP contribution in [0.15, 0.2) is 18.2 Å². The van der Waals surface area contributed by atoms with E-state index in [1.54, 1.807) is 0 Å². The Morgan fingerprint density at radius 1 is 1.37 bits per heavy atom. The zero-order valence-corrected chi connectivity index (χ0v) is 13.0. The standard InChI is InChI=1S/C14H20ClNO2S/c1-11-9-13(3-4-14(11)15)10-16-6-5-12(2)19(17,18)8-7-16/h3-4,9,12H,5-8,10H2,1-2H3/t12-/m0/s1. The lowest BCUT2D eigenvalue weighted by Gasteiger charge is -2.19. The van der Waals surface area contributed by atoms with Gasteiger partial charge in [-0.05, 0) is 44.0 Å². The van der Waals surface area contributed by atoms with Gasteiger partial charge in [-0.1, -0.05) is 23.7 Å². The van der Waals surface area contributed by atoms with Gasteiger partial charge in [-0.15, -0.1) is 0 Å². The van der Waals surface area contributed by atoms with E-state index in [0.717, 1.165) is 30.1 Å². The smallest absolute Gasteiger partial charge is 0.154 e. The van der Waals surface area contributed by atoms with Gasteiger partial charge in [-0.25, -0.2) is 8.42 Å². The molecule has 1 heterocycles. The highest BCUT2D eigenvalue weighted by Crippen LogP contribution is 2.19. The third-order valence-corrected chi connectivity index (χ3v) is 6.42. The van der Waals surface area contributed by atoms with Crippen LogP contribution in [0, 0.1) is 6.92 Å². The highest BCUT2D eigenvalue weighted by Gasteiger charge is 2.26. The molecule has 0 bridgehead atoms. The number of aryl methyl sites for hydroxylation is 1. The van der Waals surface area contributed by atoms with Crippen molar-refractivity contribution in [3.63, 3.8) is 0 Å². The second-order valence-electron chi connectivity index (χ2n) is 5.33. The van der Waals surface area contributed by atoms with Crippen molar-refractivity contribution in [2.75, 3.05) is 18.8 Å². The van der Waals surface area contributed by atoms with E-state index in [4.69, 9.17) is 11.6 Å². The van der Waals surface area contributed by atoms with Crippen LogP contribution in [-0.2, 0) is 16.4 Å². The van der Waals surface area contributed by atoms with Crippen LogP contribution in [0.25, 0.3) is 0 Å². The van der Waals surface area contributed by atoms with Crippen molar-refractivity contribution < 1.29 is 8.42 Å². The Bertz CT molecular complexity index is 557. The molecule has 1 saturated heterocycles. The molecule has 0 saturated carbocycles. The quantitative estimate of drug-likeness (QED) is 0.843. The van der Waals surface area contributed by atoms with Gasteiger partial charge in [0, 0.05) is 18.1 Å². The summed E-state index contributed by atoms with van der Waals surface area (Å²) in [4.78, 5) is 2.21. The van der Waals surface area contributed by atoms with E-state index in [-0.39, 0.29) is 11.0 Å². The van der Waals surface area contributed by atoms with Gasteiger partial charge in [0.15, 0.2) is 9.84 Å². The lowest BCUT2D eigenvalue weighted by Crippen LogP contribution is -2.26. The first-order valence-electron chi connectivity index (χ1n) is 6.57. The minimum Gasteiger partial charge on any atom is -0.298 e. The normalized spacial score (nSPS) is 24.1. The van der Waals surface area contributed by atoms with Crippen LogP contribution in [0.2, 0.25) is 5.02 Å². The van der Waals surface area contributed by atoms with Crippen LogP contribution >= 0.6 is 11.6 Å². The van der Waals surface area contributed by atoms with E-state index in [1.165, 1.54) is 5.56 Å². The summed E-state index contributed by atoms with van der Waals surface area (Å²) in [5.74, 6) is 0.265. The van der Waals surface area contributed by atoms with E-state index in [0.29, 0.717) is 6.54 Å². The first kappa shape index (κ1) is 14.8. The van der Waals surface area contributed by atoms with Crippen molar-refractivity contribution in [1.82, 2.24) is 4.90 Å². The molecule has 0 unspecified atom stereocenters. The molecular formula is C14H20ClNO2S. The minimum absolute atomic E-state index is 0.218. The lowest BCUT2D eigenvalue weighted by atomic mass is 10.1. The molecule has 0 N–H and O–H groups in total. The predicted octanol–water partition coefficient (Wildman–Crippen LogP) is 2.66. The molecule has 1 atom stereocenters. The summed E-state index contributed by atoms with van der Waals surface area (Å²) in [7, 11) is -2.90. The zero-order valence-electron chi connectivity index (χ0n) is 11.4. The maximum Gasteiger partial charge on any atom is 0.154 e. The van der Waals surface area contributed by atoms with Gasteiger partial charge in [0.25, 0.3) is 0 Å². The molecule has 106 valence electrons. The summed E-state index contributed by atoms with van der Waals surface area (Å²) in [6.07, 6.45) is 0.717. The van der Waals surface area contributed by atoms with Crippen LogP contribution in [0.1, 0.15) is 24.5 Å². The molecule has 2 rings (SSSR count). The van der Waals surface area contributed by atoms with Crippen LogP contribution in [0.3, 0.4) is 0 Å². The summed E-state index contributed by atoms with van der Waals surface area (Å²) in [5.41, 5.74) is 2.25. The summed E-state index contributed by atoms with van der Waals surface area (Å²) in [6, 6.07) is 5.99. The van der Waals surface area contributed by atoms with Crippen molar-refractivity contribution in [1.29, 1.82) is 0 Å². The summed E-state index contributed by atoms with van der Waals surface area (Å²) >= 11 is 6.01. The third kappa shape index (κ3) is 3.71. The SMILES string of the molecule is Cc1cc(CN2CC[C@H](C)S(=O)(=O)CC2)ccc1Cl. The fourth-order valence-corrected chi connectivity index (χ4v) is 3.83. The summed E-state index contributed by atoms with van der Waals surface area (Å²) in [5, 5.41) is 0.556. The Balaban J connectivity index is 2.05. The number of hydrogen-bond acceptors (Lipinski definition) is 3. The van der Waals surface area contributed by atoms with Crippen LogP contribution in [-0.4, -0.2) is 37.4 Å². The van der Waals surface area contributed by atoms with Crippen molar-refractivity contribution >= 4 is 21.4 Å². The van der Waals surface area contributed by atoms with Crippen molar-refractivity contribution in [2.45, 2.75) is 32.1 Å². The molecule has 0 aromatic heterocycles. The van der Waals surface area contributed by atoms with Crippen molar-refractivity contribution in [2.24, 2.45) is 0 Å². The third-order valence-electron chi connectivity index (χ3n) is 3.79. The van der Waals surface area contributed by atoms with E-state index in [9.17, 15) is 8.42 Å². The monoisotopic (exact) mass is 301 g/mol. The molecule has 1 aromatic rings. The van der Waals surface area contributed by atoms with Gasteiger partial charge >= 0.3 is 0 Å². The Morgan fingerprint density at radius 2 is 2.11 bits per heavy atom. The highest BCUT2D eigenvalue weighted by atomic mass is 35.5. The molecule has 3 nitrogen and oxygen atoms in total. The number of halogens is 1. The van der Waals surface area contributed by atoms with Gasteiger partial charge in [0.05, 0.1) is 11.0 Å². The van der Waals surface area contributed by atoms with Gasteiger partial charge in [0.2, 0.25) is 0 Å². The summed E-state index contributed by atoms with van der Waals surface area (Å²) in [6.45, 7) is 6.04. The van der Waals surface area contributed by atoms with E-state index < -0.39 is 9.84 Å². The fourth-order valence-electron chi connectivity index (χ4n) is 2.33. The average molecular weight is 302 g/mol. The maximum absolute atomic E-state index is 11.9. The van der Waals surface area contributed by atoms with Gasteiger partial charge in [0.1, 0.15) is 0 Å². The first-order chi connectivity index (χ1) is 8.88. The second-order valence-corrected chi connectivity index (χ2v) is 8.27. The zero-order chi connectivity index (χ0) is 14.0. The van der Waals surface area contributed by atoms with E-state index >= 15 is 0 Å². The number of sulfone groups is 1. The fraction of sp³-hybridized carbons (Fsp3) is 0.571. The largest absolute Gasteiger partial charge is 0.298 e. The van der Waals surface area contributed by atoms with Gasteiger partial charge in [-0.3, -0.25) is 4.90 Å². The number of nitrogens with zero attached hydrogens (tertiary/aromatic N) is 1. The first-order valence-corrected chi connectivity index (χ1v) is 8.67. The Kier molecular flexibility index (Phi) is 4.54. The maximum atomic E-state index is 11.9. The molecule has 0 spiro atoms. The van der Waals surface area contributed by atoms with Gasteiger partial charge < -0.3 is 0 Å². The van der Waals surface area contributed by atoms with Crippen molar-refractivity contribution in [3.8, 4) is 0 Å². The van der Waals surface area contributed by atoms with Crippen LogP contribution in [0.5, 0.6) is 0 Å². The molecule has 0 amide bonds.